The van der Waals surface area contributed by atoms with Gasteiger partial charge in [0.15, 0.2) is 0 Å². The molecule has 1 heterocycles. The highest BCUT2D eigenvalue weighted by Crippen LogP contribution is 2.10. The number of nitrogens with one attached hydrogen (secondary N) is 1. The Morgan fingerprint density at radius 2 is 2.29 bits per heavy atom. The Kier molecular flexibility index (Phi) is 4.89. The lowest BCUT2D eigenvalue weighted by Crippen LogP contribution is -2.22. The van der Waals surface area contributed by atoms with Crippen molar-refractivity contribution in [3.05, 3.63) is 0 Å². The lowest BCUT2D eigenvalue weighted by molar-refractivity contribution is 0.568. The standard InChI is InChI=1S/C8H17N5S/c1-7(2)6-9-4-5-14-8-10-11-12-13(8)3/h7,9H,4-6H2,1-3H3. The molecule has 0 spiro atoms. The van der Waals surface area contributed by atoms with Gasteiger partial charge in [0.1, 0.15) is 0 Å². The highest BCUT2D eigenvalue weighted by atomic mass is 32.2. The Morgan fingerprint density at radius 3 is 2.86 bits per heavy atom. The molecule has 6 heteroatoms. The van der Waals surface area contributed by atoms with Crippen LogP contribution in [0, 0.1) is 5.92 Å². The number of thioether (sulfide) groups is 1. The fraction of sp³-hybridized carbons (Fsp3) is 0.875. The average molecular weight is 215 g/mol. The normalized spacial score (nSPS) is 11.1. The molecule has 0 aliphatic rings. The fourth-order valence-corrected chi connectivity index (χ4v) is 1.70. The molecule has 0 atom stereocenters. The van der Waals surface area contributed by atoms with E-state index >= 15 is 0 Å². The van der Waals surface area contributed by atoms with Gasteiger partial charge in [0.05, 0.1) is 0 Å². The maximum atomic E-state index is 3.89. The van der Waals surface area contributed by atoms with Crippen molar-refractivity contribution in [1.82, 2.24) is 25.5 Å². The molecule has 0 radical (unpaired) electrons. The molecule has 1 rings (SSSR count). The van der Waals surface area contributed by atoms with Crippen LogP contribution in [0.2, 0.25) is 0 Å². The van der Waals surface area contributed by atoms with Crippen LogP contribution in [0.25, 0.3) is 0 Å². The zero-order valence-electron chi connectivity index (χ0n) is 8.90. The third-order valence-corrected chi connectivity index (χ3v) is 2.66. The molecular formula is C8H17N5S. The minimum absolute atomic E-state index is 0.705. The van der Waals surface area contributed by atoms with Crippen LogP contribution in [-0.2, 0) is 7.05 Å². The lowest BCUT2D eigenvalue weighted by Gasteiger charge is -2.05. The van der Waals surface area contributed by atoms with Crippen molar-refractivity contribution in [3.63, 3.8) is 0 Å². The molecule has 1 aromatic rings. The average Bonchev–Trinajstić information content (AvgIpc) is 2.51. The summed E-state index contributed by atoms with van der Waals surface area (Å²) in [5.41, 5.74) is 0. The van der Waals surface area contributed by atoms with E-state index in [-0.39, 0.29) is 0 Å². The van der Waals surface area contributed by atoms with E-state index in [4.69, 9.17) is 0 Å². The van der Waals surface area contributed by atoms with Crippen LogP contribution < -0.4 is 5.32 Å². The molecular weight excluding hydrogens is 198 g/mol. The molecule has 1 aromatic heterocycles. The van der Waals surface area contributed by atoms with Gasteiger partial charge in [0.25, 0.3) is 0 Å². The molecule has 0 saturated heterocycles. The van der Waals surface area contributed by atoms with Crippen molar-refractivity contribution in [2.75, 3.05) is 18.8 Å². The number of aromatic nitrogens is 4. The minimum atomic E-state index is 0.705. The first kappa shape index (κ1) is 11.5. The van der Waals surface area contributed by atoms with Gasteiger partial charge in [0, 0.05) is 19.3 Å². The van der Waals surface area contributed by atoms with E-state index in [0.29, 0.717) is 5.92 Å². The molecule has 0 aromatic carbocycles. The molecule has 14 heavy (non-hydrogen) atoms. The van der Waals surface area contributed by atoms with Gasteiger partial charge >= 0.3 is 0 Å². The molecule has 0 saturated carbocycles. The smallest absolute Gasteiger partial charge is 0.209 e. The van der Waals surface area contributed by atoms with Gasteiger partial charge in [-0.15, -0.1) is 5.10 Å². The van der Waals surface area contributed by atoms with Gasteiger partial charge < -0.3 is 5.32 Å². The number of hydrogen-bond donors (Lipinski definition) is 1. The Labute approximate surface area is 88.6 Å². The number of aryl methyl sites for hydroxylation is 1. The van der Waals surface area contributed by atoms with Gasteiger partial charge in [-0.1, -0.05) is 25.6 Å². The summed E-state index contributed by atoms with van der Waals surface area (Å²) >= 11 is 1.67. The number of hydrogen-bond acceptors (Lipinski definition) is 5. The Bertz CT molecular complexity index is 260. The van der Waals surface area contributed by atoms with E-state index in [9.17, 15) is 0 Å². The molecule has 0 aliphatic carbocycles. The van der Waals surface area contributed by atoms with E-state index in [0.717, 1.165) is 24.0 Å². The van der Waals surface area contributed by atoms with Crippen molar-refractivity contribution >= 4 is 11.8 Å². The molecule has 5 nitrogen and oxygen atoms in total. The first-order valence-electron chi connectivity index (χ1n) is 4.76. The molecule has 1 N–H and O–H groups in total. The van der Waals surface area contributed by atoms with Crippen LogP contribution >= 0.6 is 11.8 Å². The first-order valence-corrected chi connectivity index (χ1v) is 5.74. The maximum Gasteiger partial charge on any atom is 0.209 e. The van der Waals surface area contributed by atoms with Crippen LogP contribution in [0.3, 0.4) is 0 Å². The second-order valence-corrected chi connectivity index (χ2v) is 4.59. The third kappa shape index (κ3) is 4.06. The van der Waals surface area contributed by atoms with Crippen LogP contribution in [0.5, 0.6) is 0 Å². The SMILES string of the molecule is CC(C)CNCCSc1nnnn1C. The quantitative estimate of drug-likeness (QED) is 0.555. The fourth-order valence-electron chi connectivity index (χ4n) is 0.949. The summed E-state index contributed by atoms with van der Waals surface area (Å²) in [4.78, 5) is 0. The van der Waals surface area contributed by atoms with Gasteiger partial charge in [-0.05, 0) is 22.9 Å². The monoisotopic (exact) mass is 215 g/mol. The number of tetrazole rings is 1. The van der Waals surface area contributed by atoms with E-state index in [1.54, 1.807) is 16.4 Å². The zero-order valence-corrected chi connectivity index (χ0v) is 9.71. The summed E-state index contributed by atoms with van der Waals surface area (Å²) in [6.07, 6.45) is 0. The topological polar surface area (TPSA) is 55.6 Å². The molecule has 0 aliphatic heterocycles. The van der Waals surface area contributed by atoms with E-state index in [1.807, 2.05) is 7.05 Å². The Balaban J connectivity index is 2.08. The predicted molar refractivity (Wildman–Crippen MR) is 57.2 cm³/mol. The Hall–Kier alpha value is -0.620. The van der Waals surface area contributed by atoms with Gasteiger partial charge in [-0.25, -0.2) is 4.68 Å². The van der Waals surface area contributed by atoms with Crippen molar-refractivity contribution in [2.24, 2.45) is 13.0 Å². The summed E-state index contributed by atoms with van der Waals surface area (Å²) in [5, 5.41) is 15.5. The summed E-state index contributed by atoms with van der Waals surface area (Å²) < 4.78 is 1.69. The summed E-state index contributed by atoms with van der Waals surface area (Å²) in [7, 11) is 1.85. The Morgan fingerprint density at radius 1 is 1.50 bits per heavy atom. The third-order valence-electron chi connectivity index (χ3n) is 1.64. The predicted octanol–water partition coefficient (Wildman–Crippen LogP) is 0.548. The van der Waals surface area contributed by atoms with Crippen LogP contribution in [0.15, 0.2) is 5.16 Å². The van der Waals surface area contributed by atoms with Crippen LogP contribution in [-0.4, -0.2) is 39.0 Å². The first-order chi connectivity index (χ1) is 6.70. The molecule has 80 valence electrons. The largest absolute Gasteiger partial charge is 0.316 e. The molecule has 0 bridgehead atoms. The molecule has 0 unspecified atom stereocenters. The highest BCUT2D eigenvalue weighted by Gasteiger charge is 2.01. The van der Waals surface area contributed by atoms with E-state index < -0.39 is 0 Å². The van der Waals surface area contributed by atoms with E-state index in [1.165, 1.54) is 0 Å². The summed E-state index contributed by atoms with van der Waals surface area (Å²) in [6.45, 7) is 6.47. The van der Waals surface area contributed by atoms with E-state index in [2.05, 4.69) is 34.7 Å². The van der Waals surface area contributed by atoms with Gasteiger partial charge in [-0.2, -0.15) is 0 Å². The second-order valence-electron chi connectivity index (χ2n) is 3.53. The van der Waals surface area contributed by atoms with Crippen molar-refractivity contribution < 1.29 is 0 Å². The number of rotatable bonds is 6. The second kappa shape index (κ2) is 5.98. The molecule has 0 amide bonds. The van der Waals surface area contributed by atoms with Gasteiger partial charge in [0.2, 0.25) is 5.16 Å². The highest BCUT2D eigenvalue weighted by molar-refractivity contribution is 7.99. The zero-order chi connectivity index (χ0) is 10.4. The number of nitrogens with zero attached hydrogens (tertiary/aromatic N) is 4. The van der Waals surface area contributed by atoms with Crippen LogP contribution in [0.1, 0.15) is 13.8 Å². The van der Waals surface area contributed by atoms with Crippen LogP contribution in [0.4, 0.5) is 0 Å². The van der Waals surface area contributed by atoms with Crippen molar-refractivity contribution in [2.45, 2.75) is 19.0 Å². The minimum Gasteiger partial charge on any atom is -0.316 e. The summed E-state index contributed by atoms with van der Waals surface area (Å²) in [5.74, 6) is 1.71. The lowest BCUT2D eigenvalue weighted by atomic mass is 10.2. The molecule has 0 fully saturated rings. The van der Waals surface area contributed by atoms with Crippen molar-refractivity contribution in [3.8, 4) is 0 Å². The summed E-state index contributed by atoms with van der Waals surface area (Å²) in [6, 6.07) is 0. The maximum absolute atomic E-state index is 3.89. The van der Waals surface area contributed by atoms with Gasteiger partial charge in [-0.3, -0.25) is 0 Å². The van der Waals surface area contributed by atoms with Crippen molar-refractivity contribution in [1.29, 1.82) is 0 Å².